The average Bonchev–Trinajstić information content (AvgIpc) is 3.05. The van der Waals surface area contributed by atoms with Crippen molar-refractivity contribution in [2.45, 2.75) is 30.9 Å². The highest BCUT2D eigenvalue weighted by Crippen LogP contribution is 2.41. The molecule has 0 amide bonds. The molecule has 140 valence electrons. The quantitative estimate of drug-likeness (QED) is 0.634. The van der Waals surface area contributed by atoms with Gasteiger partial charge < -0.3 is 4.98 Å². The van der Waals surface area contributed by atoms with Crippen LogP contribution in [0.5, 0.6) is 0 Å². The van der Waals surface area contributed by atoms with E-state index >= 15 is 0 Å². The van der Waals surface area contributed by atoms with Crippen molar-refractivity contribution < 1.29 is 8.42 Å². The summed E-state index contributed by atoms with van der Waals surface area (Å²) in [6, 6.07) is 15.6. The molecule has 0 bridgehead atoms. The molecule has 1 aromatic heterocycles. The van der Waals surface area contributed by atoms with Crippen LogP contribution in [0.15, 0.2) is 48.7 Å². The first-order valence-corrected chi connectivity index (χ1v) is 11.1. The number of sulfone groups is 1. The second kappa shape index (κ2) is 7.38. The Morgan fingerprint density at radius 2 is 1.89 bits per heavy atom. The van der Waals surface area contributed by atoms with Crippen LogP contribution in [0.2, 0.25) is 5.02 Å². The van der Waals surface area contributed by atoms with E-state index in [0.29, 0.717) is 17.9 Å². The first kappa shape index (κ1) is 19.5. The van der Waals surface area contributed by atoms with Crippen LogP contribution in [0.3, 0.4) is 0 Å². The number of hydrogen-bond acceptors (Lipinski definition) is 3. The zero-order valence-electron chi connectivity index (χ0n) is 15.3. The molecule has 0 aliphatic heterocycles. The van der Waals surface area contributed by atoms with Gasteiger partial charge in [-0.1, -0.05) is 48.9 Å². The summed E-state index contributed by atoms with van der Waals surface area (Å²) in [5.74, 6) is -0.0137. The van der Waals surface area contributed by atoms with Crippen LogP contribution in [0.1, 0.15) is 36.5 Å². The lowest BCUT2D eigenvalue weighted by atomic mass is 9.73. The summed E-state index contributed by atoms with van der Waals surface area (Å²) >= 11 is 6.05. The Morgan fingerprint density at radius 3 is 2.52 bits per heavy atom. The third-order valence-corrected chi connectivity index (χ3v) is 6.12. The van der Waals surface area contributed by atoms with Crippen molar-refractivity contribution in [1.82, 2.24) is 4.98 Å². The summed E-state index contributed by atoms with van der Waals surface area (Å²) in [4.78, 5) is 3.27. The van der Waals surface area contributed by atoms with Gasteiger partial charge in [-0.05, 0) is 35.2 Å². The van der Waals surface area contributed by atoms with Gasteiger partial charge in [0.15, 0.2) is 9.84 Å². The van der Waals surface area contributed by atoms with E-state index in [-0.39, 0.29) is 5.75 Å². The van der Waals surface area contributed by atoms with Gasteiger partial charge in [0, 0.05) is 40.2 Å². The van der Waals surface area contributed by atoms with Gasteiger partial charge in [0.2, 0.25) is 0 Å². The van der Waals surface area contributed by atoms with E-state index in [4.69, 9.17) is 16.9 Å². The van der Waals surface area contributed by atoms with Gasteiger partial charge in [0.1, 0.15) is 0 Å². The summed E-state index contributed by atoms with van der Waals surface area (Å²) in [6.45, 7) is 2.11. The predicted molar refractivity (Wildman–Crippen MR) is 110 cm³/mol. The monoisotopic (exact) mass is 400 g/mol. The molecule has 0 spiro atoms. The third-order valence-electron chi connectivity index (χ3n) is 5.03. The van der Waals surface area contributed by atoms with Crippen molar-refractivity contribution in [2.75, 3.05) is 6.26 Å². The molecule has 0 fully saturated rings. The van der Waals surface area contributed by atoms with E-state index in [1.165, 1.54) is 6.26 Å². The van der Waals surface area contributed by atoms with E-state index in [2.05, 4.69) is 18.0 Å². The van der Waals surface area contributed by atoms with E-state index in [9.17, 15) is 8.42 Å². The lowest BCUT2D eigenvalue weighted by Gasteiger charge is -2.30. The van der Waals surface area contributed by atoms with Crippen LogP contribution in [0.4, 0.5) is 0 Å². The fraction of sp³-hybridized carbons (Fsp3) is 0.286. The summed E-state index contributed by atoms with van der Waals surface area (Å²) in [6.07, 6.45) is 4.23. The molecule has 0 saturated carbocycles. The van der Waals surface area contributed by atoms with Crippen molar-refractivity contribution in [3.8, 4) is 6.07 Å². The molecule has 1 unspecified atom stereocenters. The standard InChI is InChI=1S/C21H21ClN2O2S/c1-21(11-4-12-23,16-7-9-17(22)10-8-16)19-13-24-20-15(14-27(2,25)26)5-3-6-18(19)20/h3,5-10,13,24H,4,11,14H2,1-2H3. The van der Waals surface area contributed by atoms with Crippen LogP contribution in [0, 0.1) is 11.3 Å². The van der Waals surface area contributed by atoms with Crippen molar-refractivity contribution >= 4 is 32.3 Å². The molecule has 4 nitrogen and oxygen atoms in total. The minimum absolute atomic E-state index is 0.0137. The Bertz CT molecular complexity index is 1110. The highest BCUT2D eigenvalue weighted by atomic mass is 35.5. The molecule has 3 rings (SSSR count). The topological polar surface area (TPSA) is 73.7 Å². The maximum Gasteiger partial charge on any atom is 0.151 e. The molecule has 0 saturated heterocycles. The van der Waals surface area contributed by atoms with Crippen LogP contribution < -0.4 is 0 Å². The van der Waals surface area contributed by atoms with Gasteiger partial charge in [-0.3, -0.25) is 0 Å². The van der Waals surface area contributed by atoms with E-state index in [1.54, 1.807) is 0 Å². The molecule has 1 N–H and O–H groups in total. The lowest BCUT2D eigenvalue weighted by molar-refractivity contribution is 0.532. The summed E-state index contributed by atoms with van der Waals surface area (Å²) in [5, 5.41) is 10.8. The van der Waals surface area contributed by atoms with Gasteiger partial charge in [-0.15, -0.1) is 0 Å². The Kier molecular flexibility index (Phi) is 5.32. The minimum Gasteiger partial charge on any atom is -0.361 e. The number of aromatic nitrogens is 1. The van der Waals surface area contributed by atoms with Crippen molar-refractivity contribution in [2.24, 2.45) is 0 Å². The number of hydrogen-bond donors (Lipinski definition) is 1. The Labute approximate surface area is 164 Å². The van der Waals surface area contributed by atoms with Crippen molar-refractivity contribution in [3.05, 3.63) is 70.4 Å². The Morgan fingerprint density at radius 1 is 1.19 bits per heavy atom. The Hall–Kier alpha value is -2.29. The molecule has 3 aromatic rings. The van der Waals surface area contributed by atoms with Crippen LogP contribution in [0.25, 0.3) is 10.9 Å². The van der Waals surface area contributed by atoms with Gasteiger partial charge in [0.05, 0.1) is 11.8 Å². The number of halogens is 1. The molecule has 1 atom stereocenters. The number of nitrogens with one attached hydrogen (secondary N) is 1. The van der Waals surface area contributed by atoms with Gasteiger partial charge >= 0.3 is 0 Å². The predicted octanol–water partition coefficient (Wildman–Crippen LogP) is 4.98. The maximum absolute atomic E-state index is 11.8. The minimum atomic E-state index is -3.14. The molecular formula is C21H21ClN2O2S. The zero-order valence-corrected chi connectivity index (χ0v) is 16.9. The number of benzene rings is 2. The average molecular weight is 401 g/mol. The number of aromatic amines is 1. The first-order chi connectivity index (χ1) is 12.7. The zero-order chi connectivity index (χ0) is 19.7. The van der Waals surface area contributed by atoms with Crippen LogP contribution >= 0.6 is 11.6 Å². The van der Waals surface area contributed by atoms with Gasteiger partial charge in [0.25, 0.3) is 0 Å². The molecule has 0 aliphatic carbocycles. The van der Waals surface area contributed by atoms with E-state index < -0.39 is 15.3 Å². The highest BCUT2D eigenvalue weighted by molar-refractivity contribution is 7.89. The smallest absolute Gasteiger partial charge is 0.151 e. The Balaban J connectivity index is 2.18. The maximum atomic E-state index is 11.8. The van der Waals surface area contributed by atoms with Crippen LogP contribution in [-0.2, 0) is 21.0 Å². The normalized spacial score (nSPS) is 14.0. The van der Waals surface area contributed by atoms with Crippen LogP contribution in [-0.4, -0.2) is 19.7 Å². The number of rotatable bonds is 6. The molecule has 0 radical (unpaired) electrons. The number of H-pyrrole nitrogens is 1. The van der Waals surface area contributed by atoms with Gasteiger partial charge in [-0.25, -0.2) is 8.42 Å². The fourth-order valence-corrected chi connectivity index (χ4v) is 4.57. The first-order valence-electron chi connectivity index (χ1n) is 8.65. The molecule has 27 heavy (non-hydrogen) atoms. The molecule has 1 heterocycles. The number of nitrogens with zero attached hydrogens (tertiary/aromatic N) is 1. The van der Waals surface area contributed by atoms with Crippen molar-refractivity contribution in [3.63, 3.8) is 0 Å². The number of nitriles is 1. The van der Waals surface area contributed by atoms with E-state index in [0.717, 1.165) is 27.6 Å². The van der Waals surface area contributed by atoms with E-state index in [1.807, 2.05) is 48.7 Å². The number of fused-ring (bicyclic) bond motifs is 1. The second-order valence-electron chi connectivity index (χ2n) is 7.11. The summed E-state index contributed by atoms with van der Waals surface area (Å²) < 4.78 is 23.6. The van der Waals surface area contributed by atoms with Crippen molar-refractivity contribution in [1.29, 1.82) is 5.26 Å². The third kappa shape index (κ3) is 4.02. The second-order valence-corrected chi connectivity index (χ2v) is 9.69. The summed E-state index contributed by atoms with van der Waals surface area (Å²) in [7, 11) is -3.14. The lowest BCUT2D eigenvalue weighted by Crippen LogP contribution is -2.23. The molecular weight excluding hydrogens is 380 g/mol. The highest BCUT2D eigenvalue weighted by Gasteiger charge is 2.31. The largest absolute Gasteiger partial charge is 0.361 e. The SMILES string of the molecule is CC(CCC#N)(c1ccc(Cl)cc1)c1c[nH]c2c(CS(C)(=O)=O)cccc12. The fourth-order valence-electron chi connectivity index (χ4n) is 3.63. The molecule has 6 heteroatoms. The molecule has 0 aliphatic rings. The summed E-state index contributed by atoms with van der Waals surface area (Å²) in [5.41, 5.74) is 3.29. The number of para-hydroxylation sites is 1. The van der Waals surface area contributed by atoms with Gasteiger partial charge in [-0.2, -0.15) is 5.26 Å². The molecule has 2 aromatic carbocycles.